The summed E-state index contributed by atoms with van der Waals surface area (Å²) in [6, 6.07) is 16.5. The van der Waals surface area contributed by atoms with Crippen molar-refractivity contribution in [2.75, 3.05) is 24.3 Å². The van der Waals surface area contributed by atoms with Crippen LogP contribution in [0.15, 0.2) is 54.6 Å². The summed E-state index contributed by atoms with van der Waals surface area (Å²) in [5, 5.41) is 2.68. The number of nitrogens with zero attached hydrogens (tertiary/aromatic N) is 1. The van der Waals surface area contributed by atoms with Gasteiger partial charge in [0, 0.05) is 25.5 Å². The van der Waals surface area contributed by atoms with E-state index in [2.05, 4.69) is 5.32 Å². The normalized spacial score (nSPS) is 9.79. The number of benzene rings is 2. The SMILES string of the molecule is CN(C)c1ccc(NC(=O)Oc2ccccc2)cc1. The highest BCUT2D eigenvalue weighted by Gasteiger charge is 2.04. The molecule has 98 valence electrons. The van der Waals surface area contributed by atoms with Crippen LogP contribution >= 0.6 is 0 Å². The summed E-state index contributed by atoms with van der Waals surface area (Å²) in [6.45, 7) is 0. The van der Waals surface area contributed by atoms with Gasteiger partial charge in [-0.05, 0) is 36.4 Å². The van der Waals surface area contributed by atoms with Gasteiger partial charge in [0.1, 0.15) is 5.75 Å². The average Bonchev–Trinajstić information content (AvgIpc) is 2.40. The van der Waals surface area contributed by atoms with Crippen molar-refractivity contribution < 1.29 is 9.53 Å². The number of hydrogen-bond acceptors (Lipinski definition) is 3. The van der Waals surface area contributed by atoms with Crippen molar-refractivity contribution in [1.82, 2.24) is 0 Å². The molecule has 4 nitrogen and oxygen atoms in total. The first kappa shape index (κ1) is 13.0. The third-order valence-electron chi connectivity index (χ3n) is 2.58. The minimum absolute atomic E-state index is 0.496. The maximum atomic E-state index is 11.7. The highest BCUT2D eigenvalue weighted by atomic mass is 16.6. The van der Waals surface area contributed by atoms with E-state index in [1.54, 1.807) is 12.1 Å². The van der Waals surface area contributed by atoms with Crippen molar-refractivity contribution in [2.24, 2.45) is 0 Å². The van der Waals surface area contributed by atoms with Gasteiger partial charge < -0.3 is 9.64 Å². The van der Waals surface area contributed by atoms with Gasteiger partial charge in [0.2, 0.25) is 0 Å². The van der Waals surface area contributed by atoms with Crippen LogP contribution in [-0.2, 0) is 0 Å². The summed E-state index contributed by atoms with van der Waals surface area (Å²) < 4.78 is 5.14. The highest BCUT2D eigenvalue weighted by Crippen LogP contribution is 2.16. The summed E-state index contributed by atoms with van der Waals surface area (Å²) in [7, 11) is 3.93. The monoisotopic (exact) mass is 256 g/mol. The molecule has 0 aliphatic heterocycles. The number of carbonyl (C=O) groups excluding carboxylic acids is 1. The molecule has 0 saturated heterocycles. The summed E-state index contributed by atoms with van der Waals surface area (Å²) >= 11 is 0. The van der Waals surface area contributed by atoms with Crippen molar-refractivity contribution in [3.63, 3.8) is 0 Å². The Morgan fingerprint density at radius 2 is 1.63 bits per heavy atom. The maximum absolute atomic E-state index is 11.7. The van der Waals surface area contributed by atoms with Crippen LogP contribution in [0.3, 0.4) is 0 Å². The molecule has 0 unspecified atom stereocenters. The number of nitrogens with one attached hydrogen (secondary N) is 1. The van der Waals surface area contributed by atoms with Gasteiger partial charge in [-0.15, -0.1) is 0 Å². The van der Waals surface area contributed by atoms with E-state index in [9.17, 15) is 4.79 Å². The lowest BCUT2D eigenvalue weighted by atomic mass is 10.2. The Hall–Kier alpha value is -2.49. The third kappa shape index (κ3) is 3.74. The lowest BCUT2D eigenvalue weighted by Gasteiger charge is -2.13. The summed E-state index contributed by atoms with van der Waals surface area (Å²) in [5.74, 6) is 0.518. The van der Waals surface area contributed by atoms with Gasteiger partial charge in [-0.25, -0.2) is 4.79 Å². The summed E-state index contributed by atoms with van der Waals surface area (Å²) in [5.41, 5.74) is 1.77. The molecule has 19 heavy (non-hydrogen) atoms. The number of hydrogen-bond donors (Lipinski definition) is 1. The summed E-state index contributed by atoms with van der Waals surface area (Å²) in [6.07, 6.45) is -0.496. The Balaban J connectivity index is 1.95. The second kappa shape index (κ2) is 5.91. The third-order valence-corrected chi connectivity index (χ3v) is 2.58. The molecule has 2 aromatic rings. The van der Waals surface area contributed by atoms with E-state index in [1.165, 1.54) is 0 Å². The Kier molecular flexibility index (Phi) is 4.03. The van der Waals surface area contributed by atoms with Crippen LogP contribution in [0.25, 0.3) is 0 Å². The van der Waals surface area contributed by atoms with Gasteiger partial charge in [0.25, 0.3) is 0 Å². The first-order chi connectivity index (χ1) is 9.15. The van der Waals surface area contributed by atoms with Gasteiger partial charge in [-0.2, -0.15) is 0 Å². The molecule has 0 saturated carbocycles. The quantitative estimate of drug-likeness (QED) is 0.915. The number of ether oxygens (including phenoxy) is 1. The number of rotatable bonds is 3. The van der Waals surface area contributed by atoms with Crippen molar-refractivity contribution in [1.29, 1.82) is 0 Å². The summed E-state index contributed by atoms with van der Waals surface area (Å²) in [4.78, 5) is 13.6. The molecule has 0 radical (unpaired) electrons. The zero-order chi connectivity index (χ0) is 13.7. The smallest absolute Gasteiger partial charge is 0.410 e. The topological polar surface area (TPSA) is 41.6 Å². The molecule has 0 aromatic heterocycles. The van der Waals surface area contributed by atoms with Crippen LogP contribution in [0, 0.1) is 0 Å². The Morgan fingerprint density at radius 3 is 2.21 bits per heavy atom. The van der Waals surface area contributed by atoms with Gasteiger partial charge >= 0.3 is 6.09 Å². The predicted octanol–water partition coefficient (Wildman–Crippen LogP) is 3.36. The highest BCUT2D eigenvalue weighted by molar-refractivity contribution is 5.86. The van der Waals surface area contributed by atoms with Crippen molar-refractivity contribution in [3.8, 4) is 5.75 Å². The van der Waals surface area contributed by atoms with Crippen LogP contribution in [0.4, 0.5) is 16.2 Å². The number of amides is 1. The Labute approximate surface area is 112 Å². The lowest BCUT2D eigenvalue weighted by molar-refractivity contribution is 0.215. The fourth-order valence-corrected chi connectivity index (χ4v) is 1.58. The first-order valence-electron chi connectivity index (χ1n) is 5.96. The zero-order valence-electron chi connectivity index (χ0n) is 11.0. The first-order valence-corrected chi connectivity index (χ1v) is 5.96. The Morgan fingerprint density at radius 1 is 1.00 bits per heavy atom. The van der Waals surface area contributed by atoms with E-state index >= 15 is 0 Å². The largest absolute Gasteiger partial charge is 0.417 e. The fourth-order valence-electron chi connectivity index (χ4n) is 1.58. The van der Waals surface area contributed by atoms with E-state index in [1.807, 2.05) is 61.5 Å². The fraction of sp³-hybridized carbons (Fsp3) is 0.133. The van der Waals surface area contributed by atoms with E-state index < -0.39 is 6.09 Å². The van der Waals surface area contributed by atoms with Crippen LogP contribution in [0.2, 0.25) is 0 Å². The van der Waals surface area contributed by atoms with Crippen molar-refractivity contribution in [2.45, 2.75) is 0 Å². The second-order valence-corrected chi connectivity index (χ2v) is 4.27. The van der Waals surface area contributed by atoms with Gasteiger partial charge in [-0.3, -0.25) is 5.32 Å². The molecular formula is C15H16N2O2. The Bertz CT molecular complexity index is 536. The molecule has 0 fully saturated rings. The van der Waals surface area contributed by atoms with Crippen molar-refractivity contribution in [3.05, 3.63) is 54.6 Å². The van der Waals surface area contributed by atoms with E-state index in [-0.39, 0.29) is 0 Å². The van der Waals surface area contributed by atoms with Crippen LogP contribution in [-0.4, -0.2) is 20.2 Å². The molecule has 4 heteroatoms. The molecule has 0 aliphatic rings. The number of carbonyl (C=O) groups is 1. The molecule has 2 aromatic carbocycles. The van der Waals surface area contributed by atoms with Gasteiger partial charge in [0.15, 0.2) is 0 Å². The van der Waals surface area contributed by atoms with E-state index in [0.29, 0.717) is 11.4 Å². The van der Waals surface area contributed by atoms with E-state index in [4.69, 9.17) is 4.74 Å². The molecule has 0 heterocycles. The van der Waals surface area contributed by atoms with Crippen LogP contribution in [0.5, 0.6) is 5.75 Å². The molecule has 2 rings (SSSR count). The van der Waals surface area contributed by atoms with Gasteiger partial charge in [-0.1, -0.05) is 18.2 Å². The number of para-hydroxylation sites is 1. The van der Waals surface area contributed by atoms with Crippen LogP contribution in [0.1, 0.15) is 0 Å². The zero-order valence-corrected chi connectivity index (χ0v) is 11.0. The van der Waals surface area contributed by atoms with Crippen LogP contribution < -0.4 is 15.0 Å². The minimum atomic E-state index is -0.496. The molecule has 0 atom stereocenters. The second-order valence-electron chi connectivity index (χ2n) is 4.27. The van der Waals surface area contributed by atoms with E-state index in [0.717, 1.165) is 5.69 Å². The number of anilines is 2. The predicted molar refractivity (Wildman–Crippen MR) is 76.9 cm³/mol. The average molecular weight is 256 g/mol. The maximum Gasteiger partial charge on any atom is 0.417 e. The molecule has 1 N–H and O–H groups in total. The molecule has 0 bridgehead atoms. The molecule has 0 aliphatic carbocycles. The molecular weight excluding hydrogens is 240 g/mol. The molecule has 0 spiro atoms. The minimum Gasteiger partial charge on any atom is -0.410 e. The lowest BCUT2D eigenvalue weighted by Crippen LogP contribution is -2.16. The molecule has 1 amide bonds. The van der Waals surface area contributed by atoms with Gasteiger partial charge in [0.05, 0.1) is 0 Å². The van der Waals surface area contributed by atoms with Crippen molar-refractivity contribution >= 4 is 17.5 Å². The standard InChI is InChI=1S/C15H16N2O2/c1-17(2)13-10-8-12(9-11-13)16-15(18)19-14-6-4-3-5-7-14/h3-11H,1-2H3,(H,16,18).